The molecular formula is C50H31N3. The van der Waals surface area contributed by atoms with Crippen molar-refractivity contribution in [2.45, 2.75) is 0 Å². The van der Waals surface area contributed by atoms with E-state index in [0.29, 0.717) is 0 Å². The molecule has 0 fully saturated rings. The molecule has 1 aliphatic rings. The van der Waals surface area contributed by atoms with Gasteiger partial charge < -0.3 is 0 Å². The maximum atomic E-state index is 5.12. The average Bonchev–Trinajstić information content (AvgIpc) is 3.78. The average molecular weight is 674 g/mol. The van der Waals surface area contributed by atoms with Crippen LogP contribution in [0.25, 0.3) is 105 Å². The summed E-state index contributed by atoms with van der Waals surface area (Å²) in [6, 6.07) is 63.0. The lowest BCUT2D eigenvalue weighted by atomic mass is 9.82. The van der Waals surface area contributed by atoms with E-state index in [-0.39, 0.29) is 0 Å². The molecule has 0 saturated heterocycles. The largest absolute Gasteiger partial charge is 0.298 e. The van der Waals surface area contributed by atoms with Gasteiger partial charge in [0.15, 0.2) is 0 Å². The van der Waals surface area contributed by atoms with Crippen LogP contribution in [0.2, 0.25) is 0 Å². The van der Waals surface area contributed by atoms with Gasteiger partial charge in [-0.2, -0.15) is 0 Å². The number of imidazole rings is 1. The van der Waals surface area contributed by atoms with Crippen molar-refractivity contribution in [3.63, 3.8) is 0 Å². The molecule has 0 bridgehead atoms. The molecule has 11 rings (SSSR count). The maximum Gasteiger partial charge on any atom is 0.137 e. The van der Waals surface area contributed by atoms with Crippen LogP contribution in [0, 0.1) is 0 Å². The fourth-order valence-corrected chi connectivity index (χ4v) is 8.59. The van der Waals surface area contributed by atoms with Crippen molar-refractivity contribution in [1.29, 1.82) is 0 Å². The van der Waals surface area contributed by atoms with Crippen LogP contribution in [0.3, 0.4) is 0 Å². The monoisotopic (exact) mass is 673 g/mol. The molecule has 0 radical (unpaired) electrons. The second kappa shape index (κ2) is 11.7. The van der Waals surface area contributed by atoms with E-state index in [1.807, 2.05) is 30.5 Å². The molecule has 53 heavy (non-hydrogen) atoms. The van der Waals surface area contributed by atoms with E-state index in [9.17, 15) is 0 Å². The molecule has 10 aromatic rings. The quantitative estimate of drug-likeness (QED) is 0.182. The Hall–Kier alpha value is -7.10. The van der Waals surface area contributed by atoms with Gasteiger partial charge in [0, 0.05) is 23.5 Å². The lowest BCUT2D eigenvalue weighted by Gasteiger charge is -2.20. The van der Waals surface area contributed by atoms with Crippen LogP contribution in [0.5, 0.6) is 0 Å². The van der Waals surface area contributed by atoms with Crippen molar-refractivity contribution < 1.29 is 0 Å². The SMILES string of the molecule is c1ccc(-c2nc3ccccn3c2-c2ccc(-c3ccc4c5c(cccc35)-c3c-4c(-c4ccccc4)c4ccccc4c3-c3ccccc3)cn2)cc1. The van der Waals surface area contributed by atoms with Gasteiger partial charge in [-0.25, -0.2) is 4.98 Å². The highest BCUT2D eigenvalue weighted by Crippen LogP contribution is 2.58. The zero-order valence-electron chi connectivity index (χ0n) is 28.7. The molecule has 0 atom stereocenters. The van der Waals surface area contributed by atoms with Gasteiger partial charge in [0.2, 0.25) is 0 Å². The Labute approximate surface area is 307 Å². The van der Waals surface area contributed by atoms with Crippen LogP contribution >= 0.6 is 0 Å². The molecule has 3 nitrogen and oxygen atoms in total. The lowest BCUT2D eigenvalue weighted by Crippen LogP contribution is -1.93. The van der Waals surface area contributed by atoms with Crippen molar-refractivity contribution in [2.24, 2.45) is 0 Å². The summed E-state index contributed by atoms with van der Waals surface area (Å²) in [6.07, 6.45) is 4.09. The Morgan fingerprint density at radius 2 is 0.943 bits per heavy atom. The highest BCUT2D eigenvalue weighted by atomic mass is 15.0. The molecule has 246 valence electrons. The third-order valence-electron chi connectivity index (χ3n) is 10.8. The number of rotatable bonds is 5. The predicted molar refractivity (Wildman–Crippen MR) is 220 cm³/mol. The Balaban J connectivity index is 1.13. The van der Waals surface area contributed by atoms with E-state index in [2.05, 4.69) is 162 Å². The normalized spacial score (nSPS) is 11.8. The number of hydrogen-bond acceptors (Lipinski definition) is 2. The van der Waals surface area contributed by atoms with Crippen LogP contribution in [-0.4, -0.2) is 14.4 Å². The highest BCUT2D eigenvalue weighted by molar-refractivity contribution is 6.28. The van der Waals surface area contributed by atoms with Crippen LogP contribution in [0.15, 0.2) is 188 Å². The molecule has 0 unspecified atom stereocenters. The summed E-state index contributed by atoms with van der Waals surface area (Å²) >= 11 is 0. The minimum Gasteiger partial charge on any atom is -0.298 e. The predicted octanol–water partition coefficient (Wildman–Crippen LogP) is 13.0. The summed E-state index contributed by atoms with van der Waals surface area (Å²) in [7, 11) is 0. The highest BCUT2D eigenvalue weighted by Gasteiger charge is 2.31. The fraction of sp³-hybridized carbons (Fsp3) is 0. The van der Waals surface area contributed by atoms with Crippen LogP contribution < -0.4 is 0 Å². The summed E-state index contributed by atoms with van der Waals surface area (Å²) in [5.41, 5.74) is 17.2. The van der Waals surface area contributed by atoms with Gasteiger partial charge in [-0.3, -0.25) is 9.38 Å². The van der Waals surface area contributed by atoms with Crippen LogP contribution in [-0.2, 0) is 0 Å². The second-order valence-electron chi connectivity index (χ2n) is 13.7. The molecule has 0 N–H and O–H groups in total. The smallest absolute Gasteiger partial charge is 0.137 e. The Bertz CT molecular complexity index is 2920. The number of fused-ring (bicyclic) bond motifs is 5. The van der Waals surface area contributed by atoms with E-state index >= 15 is 0 Å². The zero-order valence-corrected chi connectivity index (χ0v) is 28.7. The van der Waals surface area contributed by atoms with E-state index in [4.69, 9.17) is 9.97 Å². The summed E-state index contributed by atoms with van der Waals surface area (Å²) in [5, 5.41) is 5.06. The van der Waals surface area contributed by atoms with Crippen molar-refractivity contribution >= 4 is 27.2 Å². The van der Waals surface area contributed by atoms with Gasteiger partial charge >= 0.3 is 0 Å². The van der Waals surface area contributed by atoms with Crippen LogP contribution in [0.1, 0.15) is 0 Å². The van der Waals surface area contributed by atoms with Crippen molar-refractivity contribution in [3.05, 3.63) is 188 Å². The minimum atomic E-state index is 0.885. The second-order valence-corrected chi connectivity index (χ2v) is 13.7. The first kappa shape index (κ1) is 29.6. The van der Waals surface area contributed by atoms with E-state index in [1.54, 1.807) is 0 Å². The molecule has 3 heterocycles. The number of hydrogen-bond donors (Lipinski definition) is 0. The van der Waals surface area contributed by atoms with Gasteiger partial charge in [0.05, 0.1) is 17.1 Å². The van der Waals surface area contributed by atoms with Crippen LogP contribution in [0.4, 0.5) is 0 Å². The molecule has 0 amide bonds. The summed E-state index contributed by atoms with van der Waals surface area (Å²) < 4.78 is 2.14. The van der Waals surface area contributed by atoms with Gasteiger partial charge in [-0.05, 0) is 89.8 Å². The van der Waals surface area contributed by atoms with Gasteiger partial charge in [0.25, 0.3) is 0 Å². The zero-order chi connectivity index (χ0) is 34.9. The van der Waals surface area contributed by atoms with Crippen molar-refractivity contribution in [2.75, 3.05) is 0 Å². The first-order chi connectivity index (χ1) is 26.3. The van der Waals surface area contributed by atoms with Crippen molar-refractivity contribution in [1.82, 2.24) is 14.4 Å². The Morgan fingerprint density at radius 1 is 0.377 bits per heavy atom. The molecule has 0 aliphatic heterocycles. The lowest BCUT2D eigenvalue weighted by molar-refractivity contribution is 1.17. The first-order valence-electron chi connectivity index (χ1n) is 18.1. The Kier molecular flexibility index (Phi) is 6.55. The van der Waals surface area contributed by atoms with Gasteiger partial charge in [-0.1, -0.05) is 158 Å². The molecule has 3 heteroatoms. The fourth-order valence-electron chi connectivity index (χ4n) is 8.59. The third-order valence-corrected chi connectivity index (χ3v) is 10.8. The summed E-state index contributed by atoms with van der Waals surface area (Å²) in [5.74, 6) is 0. The Morgan fingerprint density at radius 3 is 1.58 bits per heavy atom. The molecule has 7 aromatic carbocycles. The van der Waals surface area contributed by atoms with E-state index in [0.717, 1.165) is 33.9 Å². The summed E-state index contributed by atoms with van der Waals surface area (Å²) in [4.78, 5) is 10.2. The topological polar surface area (TPSA) is 30.2 Å². The maximum absolute atomic E-state index is 5.12. The third kappa shape index (κ3) is 4.47. The number of pyridine rings is 2. The molecule has 1 aliphatic carbocycles. The number of benzene rings is 7. The summed E-state index contributed by atoms with van der Waals surface area (Å²) in [6.45, 7) is 0. The number of aromatic nitrogens is 3. The molecule has 0 spiro atoms. The molecule has 3 aromatic heterocycles. The van der Waals surface area contributed by atoms with Crippen molar-refractivity contribution in [3.8, 4) is 78.3 Å². The van der Waals surface area contributed by atoms with Gasteiger partial charge in [0.1, 0.15) is 5.65 Å². The van der Waals surface area contributed by atoms with Gasteiger partial charge in [-0.15, -0.1) is 0 Å². The molecular weight excluding hydrogens is 643 g/mol. The minimum absolute atomic E-state index is 0.885. The standard InChI is InChI=1S/C50H31N3/c1-4-15-32(16-5-1)44-38-21-10-11-22-39(38)45(33-17-6-2-7-18-33)48-41-28-27-36(37-23-14-24-40(46(37)41)47(44)48)35-26-29-42(51-31-35)50-49(34-19-8-3-9-20-34)52-43-25-12-13-30-53(43)50/h1-31H. The number of nitrogens with zero attached hydrogens (tertiary/aromatic N) is 3. The van der Waals surface area contributed by atoms with E-state index < -0.39 is 0 Å². The van der Waals surface area contributed by atoms with E-state index in [1.165, 1.54) is 71.6 Å². The molecule has 0 saturated carbocycles. The first-order valence-corrected chi connectivity index (χ1v) is 18.1.